The predicted octanol–water partition coefficient (Wildman–Crippen LogP) is 4.54. The average molecular weight is 338 g/mol. The molecule has 25 heavy (non-hydrogen) atoms. The molecule has 4 nitrogen and oxygen atoms in total. The molecule has 0 saturated carbocycles. The largest absolute Gasteiger partial charge is 0.497 e. The van der Waals surface area contributed by atoms with Crippen molar-refractivity contribution in [2.75, 3.05) is 7.11 Å². The first-order valence-electron chi connectivity index (χ1n) is 8.47. The first-order chi connectivity index (χ1) is 11.8. The van der Waals surface area contributed by atoms with Crippen molar-refractivity contribution in [3.8, 4) is 5.75 Å². The van der Waals surface area contributed by atoms with Gasteiger partial charge in [0.25, 0.3) is 5.91 Å². The minimum absolute atomic E-state index is 0.0664. The van der Waals surface area contributed by atoms with Crippen molar-refractivity contribution in [1.82, 2.24) is 5.43 Å². The van der Waals surface area contributed by atoms with Crippen molar-refractivity contribution < 1.29 is 9.53 Å². The number of rotatable bonds is 5. The number of hydrazone groups is 1. The highest BCUT2D eigenvalue weighted by molar-refractivity contribution is 6.02. The lowest BCUT2D eigenvalue weighted by Gasteiger charge is -2.18. The SMILES string of the molecule is CC/C(=N\NC(=O)c1ccc(C(C)(C)C)cc1)c1ccc(OC)cc1. The van der Waals surface area contributed by atoms with E-state index in [0.29, 0.717) is 5.56 Å². The summed E-state index contributed by atoms with van der Waals surface area (Å²) < 4.78 is 5.16. The van der Waals surface area contributed by atoms with Crippen LogP contribution in [0.2, 0.25) is 0 Å². The number of carbonyl (C=O) groups excluding carboxylic acids is 1. The van der Waals surface area contributed by atoms with E-state index in [1.807, 2.05) is 55.5 Å². The molecule has 4 heteroatoms. The van der Waals surface area contributed by atoms with Gasteiger partial charge in [-0.15, -0.1) is 0 Å². The molecule has 2 rings (SSSR count). The van der Waals surface area contributed by atoms with Gasteiger partial charge in [-0.3, -0.25) is 4.79 Å². The van der Waals surface area contributed by atoms with Gasteiger partial charge in [0, 0.05) is 5.56 Å². The third-order valence-corrected chi connectivity index (χ3v) is 4.06. The monoisotopic (exact) mass is 338 g/mol. The number of nitrogens with one attached hydrogen (secondary N) is 1. The standard InChI is InChI=1S/C21H26N2O2/c1-6-19(15-9-13-18(25-5)14-10-15)22-23-20(24)16-7-11-17(12-8-16)21(2,3)4/h7-14H,6H2,1-5H3,(H,23,24)/b22-19+. The second kappa shape index (κ2) is 7.97. The molecular weight excluding hydrogens is 312 g/mol. The zero-order valence-corrected chi connectivity index (χ0v) is 15.6. The molecule has 1 amide bonds. The molecule has 0 aromatic heterocycles. The van der Waals surface area contributed by atoms with Crippen molar-refractivity contribution >= 4 is 11.6 Å². The van der Waals surface area contributed by atoms with Gasteiger partial charge in [-0.1, -0.05) is 39.8 Å². The minimum Gasteiger partial charge on any atom is -0.497 e. The Morgan fingerprint density at radius 2 is 1.56 bits per heavy atom. The van der Waals surface area contributed by atoms with E-state index in [1.54, 1.807) is 7.11 Å². The molecule has 1 N–H and O–H groups in total. The molecule has 0 fully saturated rings. The van der Waals surface area contributed by atoms with E-state index >= 15 is 0 Å². The van der Waals surface area contributed by atoms with E-state index in [1.165, 1.54) is 5.56 Å². The maximum absolute atomic E-state index is 12.3. The highest BCUT2D eigenvalue weighted by Crippen LogP contribution is 2.22. The fourth-order valence-electron chi connectivity index (χ4n) is 2.44. The molecule has 0 unspecified atom stereocenters. The van der Waals surface area contributed by atoms with Crippen LogP contribution in [-0.2, 0) is 5.41 Å². The van der Waals surface area contributed by atoms with E-state index in [2.05, 4.69) is 31.3 Å². The van der Waals surface area contributed by atoms with Crippen molar-refractivity contribution in [1.29, 1.82) is 0 Å². The van der Waals surface area contributed by atoms with E-state index in [9.17, 15) is 4.79 Å². The van der Waals surface area contributed by atoms with E-state index in [0.717, 1.165) is 23.4 Å². The van der Waals surface area contributed by atoms with Crippen LogP contribution >= 0.6 is 0 Å². The van der Waals surface area contributed by atoms with Gasteiger partial charge < -0.3 is 4.74 Å². The summed E-state index contributed by atoms with van der Waals surface area (Å²) in [5.41, 5.74) is 6.30. The summed E-state index contributed by atoms with van der Waals surface area (Å²) >= 11 is 0. The fraction of sp³-hybridized carbons (Fsp3) is 0.333. The molecule has 0 heterocycles. The first kappa shape index (κ1) is 18.7. The molecule has 0 atom stereocenters. The van der Waals surface area contributed by atoms with Gasteiger partial charge in [0.2, 0.25) is 0 Å². The summed E-state index contributed by atoms with van der Waals surface area (Å²) in [5.74, 6) is 0.585. The van der Waals surface area contributed by atoms with Crippen LogP contribution in [-0.4, -0.2) is 18.7 Å². The molecule has 0 radical (unpaired) electrons. The van der Waals surface area contributed by atoms with Gasteiger partial charge in [-0.05, 0) is 59.4 Å². The van der Waals surface area contributed by atoms with Gasteiger partial charge in [-0.25, -0.2) is 5.43 Å². The molecule has 0 saturated heterocycles. The minimum atomic E-state index is -0.208. The van der Waals surface area contributed by atoms with E-state index in [4.69, 9.17) is 4.74 Å². The van der Waals surface area contributed by atoms with Crippen LogP contribution in [0.1, 0.15) is 55.6 Å². The Bertz CT molecular complexity index is 739. The van der Waals surface area contributed by atoms with Crippen LogP contribution < -0.4 is 10.2 Å². The molecule has 2 aromatic rings. The Hall–Kier alpha value is -2.62. The molecule has 132 valence electrons. The van der Waals surface area contributed by atoms with Crippen LogP contribution in [0, 0.1) is 0 Å². The summed E-state index contributed by atoms with van der Waals surface area (Å²) in [6.07, 6.45) is 0.718. The maximum atomic E-state index is 12.3. The summed E-state index contributed by atoms with van der Waals surface area (Å²) in [7, 11) is 1.63. The van der Waals surface area contributed by atoms with Crippen LogP contribution in [0.4, 0.5) is 0 Å². The van der Waals surface area contributed by atoms with E-state index < -0.39 is 0 Å². The molecule has 2 aromatic carbocycles. The van der Waals surface area contributed by atoms with E-state index in [-0.39, 0.29) is 11.3 Å². The Kier molecular flexibility index (Phi) is 5.97. The van der Waals surface area contributed by atoms with Crippen molar-refractivity contribution in [2.24, 2.45) is 5.10 Å². The Balaban J connectivity index is 2.11. The predicted molar refractivity (Wildman–Crippen MR) is 102 cm³/mol. The van der Waals surface area contributed by atoms with Crippen LogP contribution in [0.3, 0.4) is 0 Å². The highest BCUT2D eigenvalue weighted by Gasteiger charge is 2.14. The number of ether oxygens (including phenoxy) is 1. The molecule has 0 spiro atoms. The van der Waals surface area contributed by atoms with Gasteiger partial charge in [-0.2, -0.15) is 5.10 Å². The quantitative estimate of drug-likeness (QED) is 0.643. The first-order valence-corrected chi connectivity index (χ1v) is 8.47. The highest BCUT2D eigenvalue weighted by atomic mass is 16.5. The summed E-state index contributed by atoms with van der Waals surface area (Å²) in [4.78, 5) is 12.3. The maximum Gasteiger partial charge on any atom is 0.271 e. The zero-order valence-electron chi connectivity index (χ0n) is 15.6. The molecule has 0 aliphatic heterocycles. The molecule has 0 aliphatic rings. The normalized spacial score (nSPS) is 12.0. The lowest BCUT2D eigenvalue weighted by atomic mass is 9.87. The van der Waals surface area contributed by atoms with Crippen LogP contribution in [0.15, 0.2) is 53.6 Å². The van der Waals surface area contributed by atoms with Crippen molar-refractivity contribution in [3.63, 3.8) is 0 Å². The number of nitrogens with zero attached hydrogens (tertiary/aromatic N) is 1. The average Bonchev–Trinajstić information content (AvgIpc) is 2.62. The topological polar surface area (TPSA) is 50.7 Å². The van der Waals surface area contributed by atoms with Crippen molar-refractivity contribution in [3.05, 3.63) is 65.2 Å². The second-order valence-electron chi connectivity index (χ2n) is 6.91. The number of hydrogen-bond donors (Lipinski definition) is 1. The molecule has 0 bridgehead atoms. The van der Waals surface area contributed by atoms with Gasteiger partial charge in [0.05, 0.1) is 12.8 Å². The van der Waals surface area contributed by atoms with Crippen LogP contribution in [0.5, 0.6) is 5.75 Å². The summed E-state index contributed by atoms with van der Waals surface area (Å²) in [6.45, 7) is 8.45. The fourth-order valence-corrected chi connectivity index (χ4v) is 2.44. The third-order valence-electron chi connectivity index (χ3n) is 4.06. The number of amides is 1. The van der Waals surface area contributed by atoms with Gasteiger partial charge in [0.1, 0.15) is 5.75 Å². The van der Waals surface area contributed by atoms with Gasteiger partial charge in [0.15, 0.2) is 0 Å². The lowest BCUT2D eigenvalue weighted by Crippen LogP contribution is -2.20. The Morgan fingerprint density at radius 3 is 2.04 bits per heavy atom. The number of carbonyl (C=O) groups is 1. The third kappa shape index (κ3) is 4.92. The van der Waals surface area contributed by atoms with Crippen molar-refractivity contribution in [2.45, 2.75) is 39.5 Å². The number of hydrogen-bond acceptors (Lipinski definition) is 3. The lowest BCUT2D eigenvalue weighted by molar-refractivity contribution is 0.0954. The number of benzene rings is 2. The summed E-state index contributed by atoms with van der Waals surface area (Å²) in [5, 5.41) is 4.29. The second-order valence-corrected chi connectivity index (χ2v) is 6.91. The van der Waals surface area contributed by atoms with Gasteiger partial charge >= 0.3 is 0 Å². The molecular formula is C21H26N2O2. The Labute approximate surface area is 149 Å². The number of methoxy groups -OCH3 is 1. The summed E-state index contributed by atoms with van der Waals surface area (Å²) in [6, 6.07) is 15.3. The molecule has 0 aliphatic carbocycles. The Morgan fingerprint density at radius 1 is 1.00 bits per heavy atom. The zero-order chi connectivity index (χ0) is 18.4. The van der Waals surface area contributed by atoms with Crippen LogP contribution in [0.25, 0.3) is 0 Å². The smallest absolute Gasteiger partial charge is 0.271 e.